The smallest absolute Gasteiger partial charge is 0.0207 e. The van der Waals surface area contributed by atoms with E-state index in [1.165, 1.54) is 10.0 Å². The first kappa shape index (κ1) is 14.7. The summed E-state index contributed by atoms with van der Waals surface area (Å²) in [5.41, 5.74) is 7.49. The number of hydrogen-bond acceptors (Lipinski definition) is 2. The van der Waals surface area contributed by atoms with Crippen LogP contribution in [0.25, 0.3) is 0 Å². The van der Waals surface area contributed by atoms with Crippen molar-refractivity contribution in [3.05, 3.63) is 34.3 Å². The Morgan fingerprint density at radius 1 is 1.24 bits per heavy atom. The van der Waals surface area contributed by atoms with Crippen LogP contribution in [0.5, 0.6) is 0 Å². The summed E-state index contributed by atoms with van der Waals surface area (Å²) in [4.78, 5) is 2.42. The van der Waals surface area contributed by atoms with Crippen LogP contribution in [-0.2, 0) is 6.42 Å². The summed E-state index contributed by atoms with van der Waals surface area (Å²) in [7, 11) is 0. The molecular formula is C14H23BrN2. The fraction of sp³-hybridized carbons (Fsp3) is 0.571. The minimum atomic E-state index is 0.245. The average Bonchev–Trinajstić information content (AvgIpc) is 2.33. The first-order valence-corrected chi connectivity index (χ1v) is 7.18. The van der Waals surface area contributed by atoms with E-state index in [1.54, 1.807) is 0 Å². The second-order valence-corrected chi connectivity index (χ2v) is 5.23. The standard InChI is InChI=1S/C14H23BrN2/c1-3-17(4-2)10-9-13(16)11-12-7-5-6-8-14(12)15/h5-8,13H,3-4,9-11,16H2,1-2H3. The molecule has 0 aliphatic carbocycles. The highest BCUT2D eigenvalue weighted by Gasteiger charge is 2.08. The Balaban J connectivity index is 2.39. The molecule has 0 radical (unpaired) electrons. The van der Waals surface area contributed by atoms with Gasteiger partial charge in [-0.15, -0.1) is 0 Å². The van der Waals surface area contributed by atoms with E-state index in [2.05, 4.69) is 52.9 Å². The van der Waals surface area contributed by atoms with Gasteiger partial charge >= 0.3 is 0 Å². The number of halogens is 1. The Morgan fingerprint density at radius 2 is 1.88 bits per heavy atom. The van der Waals surface area contributed by atoms with Gasteiger partial charge in [0.15, 0.2) is 0 Å². The van der Waals surface area contributed by atoms with Gasteiger partial charge in [-0.25, -0.2) is 0 Å². The fourth-order valence-corrected chi connectivity index (χ4v) is 2.38. The molecule has 0 fully saturated rings. The first-order valence-electron chi connectivity index (χ1n) is 6.38. The van der Waals surface area contributed by atoms with Gasteiger partial charge in [0.25, 0.3) is 0 Å². The maximum Gasteiger partial charge on any atom is 0.0207 e. The van der Waals surface area contributed by atoms with Crippen LogP contribution in [0.2, 0.25) is 0 Å². The lowest BCUT2D eigenvalue weighted by Gasteiger charge is -2.20. The van der Waals surface area contributed by atoms with Crippen molar-refractivity contribution in [1.82, 2.24) is 4.90 Å². The Bertz CT molecular complexity index is 324. The van der Waals surface area contributed by atoms with Gasteiger partial charge in [-0.1, -0.05) is 48.0 Å². The normalized spacial score (nSPS) is 13.0. The van der Waals surface area contributed by atoms with Gasteiger partial charge in [-0.05, 0) is 44.1 Å². The van der Waals surface area contributed by atoms with Gasteiger partial charge in [0, 0.05) is 10.5 Å². The largest absolute Gasteiger partial charge is 0.327 e. The summed E-state index contributed by atoms with van der Waals surface area (Å²) >= 11 is 3.57. The molecule has 0 saturated carbocycles. The summed E-state index contributed by atoms with van der Waals surface area (Å²) < 4.78 is 1.17. The monoisotopic (exact) mass is 298 g/mol. The second kappa shape index (κ2) is 7.85. The van der Waals surface area contributed by atoms with E-state index >= 15 is 0 Å². The van der Waals surface area contributed by atoms with Gasteiger partial charge in [-0.2, -0.15) is 0 Å². The molecule has 0 bridgehead atoms. The van der Waals surface area contributed by atoms with Gasteiger partial charge in [-0.3, -0.25) is 0 Å². The predicted molar refractivity (Wildman–Crippen MR) is 78.2 cm³/mol. The lowest BCUT2D eigenvalue weighted by atomic mass is 10.0. The Labute approximate surface area is 113 Å². The topological polar surface area (TPSA) is 29.3 Å². The first-order chi connectivity index (χ1) is 8.17. The zero-order chi connectivity index (χ0) is 12.7. The second-order valence-electron chi connectivity index (χ2n) is 4.37. The minimum Gasteiger partial charge on any atom is -0.327 e. The molecule has 96 valence electrons. The molecule has 1 rings (SSSR count). The van der Waals surface area contributed by atoms with Crippen LogP contribution in [-0.4, -0.2) is 30.6 Å². The number of benzene rings is 1. The van der Waals surface area contributed by atoms with E-state index in [4.69, 9.17) is 5.73 Å². The fourth-order valence-electron chi connectivity index (χ4n) is 1.94. The predicted octanol–water partition coefficient (Wildman–Crippen LogP) is 3.05. The maximum atomic E-state index is 6.18. The summed E-state index contributed by atoms with van der Waals surface area (Å²) in [6.07, 6.45) is 2.01. The van der Waals surface area contributed by atoms with Crippen LogP contribution in [0.3, 0.4) is 0 Å². The molecule has 1 atom stereocenters. The van der Waals surface area contributed by atoms with Crippen LogP contribution in [0.15, 0.2) is 28.7 Å². The Hall–Kier alpha value is -0.380. The molecule has 0 saturated heterocycles. The molecular weight excluding hydrogens is 276 g/mol. The summed E-state index contributed by atoms with van der Waals surface area (Å²) in [5, 5.41) is 0. The summed E-state index contributed by atoms with van der Waals surface area (Å²) in [6, 6.07) is 8.56. The van der Waals surface area contributed by atoms with E-state index < -0.39 is 0 Å². The van der Waals surface area contributed by atoms with Crippen LogP contribution in [0.1, 0.15) is 25.8 Å². The van der Waals surface area contributed by atoms with E-state index in [0.717, 1.165) is 32.5 Å². The van der Waals surface area contributed by atoms with Gasteiger partial charge in [0.2, 0.25) is 0 Å². The molecule has 1 aromatic rings. The van der Waals surface area contributed by atoms with Crippen molar-refractivity contribution in [2.75, 3.05) is 19.6 Å². The molecule has 0 amide bonds. The van der Waals surface area contributed by atoms with Crippen LogP contribution < -0.4 is 5.73 Å². The highest BCUT2D eigenvalue weighted by atomic mass is 79.9. The van der Waals surface area contributed by atoms with E-state index in [-0.39, 0.29) is 6.04 Å². The van der Waals surface area contributed by atoms with Crippen LogP contribution in [0.4, 0.5) is 0 Å². The van der Waals surface area contributed by atoms with Crippen molar-refractivity contribution in [3.8, 4) is 0 Å². The zero-order valence-electron chi connectivity index (χ0n) is 10.8. The molecule has 3 heteroatoms. The molecule has 0 heterocycles. The Kier molecular flexibility index (Phi) is 6.78. The summed E-state index contributed by atoms with van der Waals surface area (Å²) in [5.74, 6) is 0. The number of rotatable bonds is 7. The molecule has 2 N–H and O–H groups in total. The molecule has 2 nitrogen and oxygen atoms in total. The highest BCUT2D eigenvalue weighted by Crippen LogP contribution is 2.17. The molecule has 17 heavy (non-hydrogen) atoms. The van der Waals surface area contributed by atoms with Crippen molar-refractivity contribution < 1.29 is 0 Å². The van der Waals surface area contributed by atoms with Crippen molar-refractivity contribution in [3.63, 3.8) is 0 Å². The number of nitrogens with zero attached hydrogens (tertiary/aromatic N) is 1. The van der Waals surface area contributed by atoms with Gasteiger partial charge in [0.1, 0.15) is 0 Å². The SMILES string of the molecule is CCN(CC)CCC(N)Cc1ccccc1Br. The van der Waals surface area contributed by atoms with E-state index in [1.807, 2.05) is 6.07 Å². The molecule has 0 spiro atoms. The quantitative estimate of drug-likeness (QED) is 0.838. The molecule has 0 aliphatic heterocycles. The third kappa shape index (κ3) is 5.19. The van der Waals surface area contributed by atoms with E-state index in [0.29, 0.717) is 0 Å². The number of nitrogens with two attached hydrogens (primary N) is 1. The minimum absolute atomic E-state index is 0.245. The van der Waals surface area contributed by atoms with Crippen molar-refractivity contribution in [1.29, 1.82) is 0 Å². The number of hydrogen-bond donors (Lipinski definition) is 1. The molecule has 1 aromatic carbocycles. The van der Waals surface area contributed by atoms with Crippen molar-refractivity contribution in [2.45, 2.75) is 32.7 Å². The molecule has 0 aromatic heterocycles. The van der Waals surface area contributed by atoms with Crippen LogP contribution in [0, 0.1) is 0 Å². The van der Waals surface area contributed by atoms with Gasteiger partial charge < -0.3 is 10.6 Å². The lowest BCUT2D eigenvalue weighted by Crippen LogP contribution is -2.31. The Morgan fingerprint density at radius 3 is 2.47 bits per heavy atom. The molecule has 1 unspecified atom stereocenters. The third-order valence-electron chi connectivity index (χ3n) is 3.15. The van der Waals surface area contributed by atoms with Crippen molar-refractivity contribution in [2.24, 2.45) is 5.73 Å². The maximum absolute atomic E-state index is 6.18. The summed E-state index contributed by atoms with van der Waals surface area (Å²) in [6.45, 7) is 7.71. The van der Waals surface area contributed by atoms with Crippen molar-refractivity contribution >= 4 is 15.9 Å². The van der Waals surface area contributed by atoms with Crippen LogP contribution >= 0.6 is 15.9 Å². The highest BCUT2D eigenvalue weighted by molar-refractivity contribution is 9.10. The van der Waals surface area contributed by atoms with Gasteiger partial charge in [0.05, 0.1) is 0 Å². The zero-order valence-corrected chi connectivity index (χ0v) is 12.4. The average molecular weight is 299 g/mol. The lowest BCUT2D eigenvalue weighted by molar-refractivity contribution is 0.290. The molecule has 0 aliphatic rings. The van der Waals surface area contributed by atoms with E-state index in [9.17, 15) is 0 Å². The third-order valence-corrected chi connectivity index (χ3v) is 3.92.